The lowest BCUT2D eigenvalue weighted by molar-refractivity contribution is -0.0628. The average molecular weight is 269 g/mol. The Hall–Kier alpha value is 0.270. The Labute approximate surface area is 116 Å². The zero-order chi connectivity index (χ0) is 12.3. The van der Waals surface area contributed by atoms with Crippen molar-refractivity contribution in [2.75, 3.05) is 18.1 Å². The molecule has 2 heterocycles. The van der Waals surface area contributed by atoms with Crippen molar-refractivity contribution in [1.29, 1.82) is 0 Å². The van der Waals surface area contributed by atoms with Gasteiger partial charge in [-0.3, -0.25) is 0 Å². The van der Waals surface area contributed by atoms with Crippen LogP contribution in [0, 0.1) is 0 Å². The summed E-state index contributed by atoms with van der Waals surface area (Å²) in [7, 11) is 0. The molecular formula is C15H27NOS. The van der Waals surface area contributed by atoms with Crippen molar-refractivity contribution in [2.24, 2.45) is 0 Å². The lowest BCUT2D eigenvalue weighted by atomic mass is 9.83. The van der Waals surface area contributed by atoms with Gasteiger partial charge in [0.25, 0.3) is 0 Å². The van der Waals surface area contributed by atoms with Crippen LogP contribution >= 0.6 is 11.8 Å². The van der Waals surface area contributed by atoms with E-state index in [1.807, 2.05) is 0 Å². The second kappa shape index (κ2) is 6.15. The summed E-state index contributed by atoms with van der Waals surface area (Å²) in [5.74, 6) is 2.67. The SMILES string of the molecule is C1CCC2(CC1)CCC(CNC1CCCSC1)O2. The molecule has 3 rings (SSSR count). The van der Waals surface area contributed by atoms with Gasteiger partial charge in [-0.2, -0.15) is 11.8 Å². The summed E-state index contributed by atoms with van der Waals surface area (Å²) < 4.78 is 6.41. The molecule has 0 bridgehead atoms. The summed E-state index contributed by atoms with van der Waals surface area (Å²) in [6.07, 6.45) is 12.7. The molecule has 0 aromatic carbocycles. The average Bonchev–Trinajstić information content (AvgIpc) is 2.82. The molecule has 0 amide bonds. The topological polar surface area (TPSA) is 21.3 Å². The van der Waals surface area contributed by atoms with Crippen LogP contribution in [-0.2, 0) is 4.74 Å². The summed E-state index contributed by atoms with van der Waals surface area (Å²) >= 11 is 2.10. The van der Waals surface area contributed by atoms with E-state index in [1.54, 1.807) is 0 Å². The second-order valence-electron chi connectivity index (χ2n) is 6.34. The summed E-state index contributed by atoms with van der Waals surface area (Å²) in [6.45, 7) is 1.09. The van der Waals surface area contributed by atoms with Gasteiger partial charge in [0.05, 0.1) is 11.7 Å². The van der Waals surface area contributed by atoms with Gasteiger partial charge >= 0.3 is 0 Å². The van der Waals surface area contributed by atoms with Crippen molar-refractivity contribution in [3.63, 3.8) is 0 Å². The molecule has 1 N–H and O–H groups in total. The largest absolute Gasteiger partial charge is 0.370 e. The van der Waals surface area contributed by atoms with Crippen molar-refractivity contribution in [2.45, 2.75) is 75.5 Å². The fourth-order valence-electron chi connectivity index (χ4n) is 3.80. The first-order chi connectivity index (χ1) is 8.86. The predicted molar refractivity (Wildman–Crippen MR) is 78.3 cm³/mol. The van der Waals surface area contributed by atoms with Crippen molar-refractivity contribution < 1.29 is 4.74 Å². The maximum Gasteiger partial charge on any atom is 0.0708 e. The molecular weight excluding hydrogens is 242 g/mol. The molecule has 2 saturated heterocycles. The molecule has 1 spiro atoms. The highest BCUT2D eigenvalue weighted by Gasteiger charge is 2.40. The van der Waals surface area contributed by atoms with Gasteiger partial charge in [0, 0.05) is 18.3 Å². The number of rotatable bonds is 3. The molecule has 0 radical (unpaired) electrons. The van der Waals surface area contributed by atoms with Crippen molar-refractivity contribution in [3.05, 3.63) is 0 Å². The number of hydrogen-bond donors (Lipinski definition) is 1. The summed E-state index contributed by atoms with van der Waals surface area (Å²) in [5.41, 5.74) is 0.298. The lowest BCUT2D eigenvalue weighted by Crippen LogP contribution is -2.40. The number of ether oxygens (including phenoxy) is 1. The fraction of sp³-hybridized carbons (Fsp3) is 1.00. The van der Waals surface area contributed by atoms with Gasteiger partial charge in [0.15, 0.2) is 0 Å². The lowest BCUT2D eigenvalue weighted by Gasteiger charge is -2.33. The zero-order valence-electron chi connectivity index (χ0n) is 11.5. The van der Waals surface area contributed by atoms with Crippen LogP contribution in [0.15, 0.2) is 0 Å². The highest BCUT2D eigenvalue weighted by Crippen LogP contribution is 2.41. The molecule has 0 aromatic rings. The summed E-state index contributed by atoms with van der Waals surface area (Å²) in [5, 5.41) is 3.74. The van der Waals surface area contributed by atoms with Gasteiger partial charge in [-0.05, 0) is 44.3 Å². The summed E-state index contributed by atoms with van der Waals surface area (Å²) in [4.78, 5) is 0. The Morgan fingerprint density at radius 3 is 2.72 bits per heavy atom. The van der Waals surface area contributed by atoms with Crippen molar-refractivity contribution >= 4 is 11.8 Å². The smallest absolute Gasteiger partial charge is 0.0708 e. The van der Waals surface area contributed by atoms with E-state index in [9.17, 15) is 0 Å². The van der Waals surface area contributed by atoms with Crippen LogP contribution in [0.25, 0.3) is 0 Å². The van der Waals surface area contributed by atoms with E-state index in [1.165, 1.54) is 69.3 Å². The van der Waals surface area contributed by atoms with E-state index in [0.29, 0.717) is 11.7 Å². The number of hydrogen-bond acceptors (Lipinski definition) is 3. The van der Waals surface area contributed by atoms with Crippen molar-refractivity contribution in [1.82, 2.24) is 5.32 Å². The van der Waals surface area contributed by atoms with E-state index in [4.69, 9.17) is 4.74 Å². The number of nitrogens with one attached hydrogen (secondary N) is 1. The molecule has 3 heteroatoms. The summed E-state index contributed by atoms with van der Waals surface area (Å²) in [6, 6.07) is 0.746. The highest BCUT2D eigenvalue weighted by atomic mass is 32.2. The molecule has 2 atom stereocenters. The maximum atomic E-state index is 6.41. The third-order valence-corrected chi connectivity index (χ3v) is 6.11. The van der Waals surface area contributed by atoms with Crippen LogP contribution in [-0.4, -0.2) is 35.8 Å². The Morgan fingerprint density at radius 2 is 1.94 bits per heavy atom. The van der Waals surface area contributed by atoms with Gasteiger partial charge in [0.1, 0.15) is 0 Å². The fourth-order valence-corrected chi connectivity index (χ4v) is 4.91. The monoisotopic (exact) mass is 269 g/mol. The van der Waals surface area contributed by atoms with Gasteiger partial charge < -0.3 is 10.1 Å². The Morgan fingerprint density at radius 1 is 1.06 bits per heavy atom. The molecule has 18 heavy (non-hydrogen) atoms. The minimum absolute atomic E-state index is 0.298. The second-order valence-corrected chi connectivity index (χ2v) is 7.49. The third-order valence-electron chi connectivity index (χ3n) is 4.90. The van der Waals surface area contributed by atoms with Crippen LogP contribution < -0.4 is 5.32 Å². The molecule has 2 aliphatic heterocycles. The van der Waals surface area contributed by atoms with Crippen LogP contribution in [0.1, 0.15) is 57.8 Å². The van der Waals surface area contributed by atoms with E-state index >= 15 is 0 Å². The van der Waals surface area contributed by atoms with Gasteiger partial charge in [-0.15, -0.1) is 0 Å². The van der Waals surface area contributed by atoms with Crippen LogP contribution in [0.4, 0.5) is 0 Å². The first kappa shape index (κ1) is 13.3. The van der Waals surface area contributed by atoms with Crippen LogP contribution in [0.3, 0.4) is 0 Å². The molecule has 1 saturated carbocycles. The first-order valence-corrected chi connectivity index (χ1v) is 9.01. The predicted octanol–water partition coefficient (Wildman–Crippen LogP) is 3.35. The van der Waals surface area contributed by atoms with Crippen LogP contribution in [0.2, 0.25) is 0 Å². The minimum atomic E-state index is 0.298. The van der Waals surface area contributed by atoms with Gasteiger partial charge in [-0.1, -0.05) is 19.3 Å². The maximum absolute atomic E-state index is 6.41. The third kappa shape index (κ3) is 3.23. The van der Waals surface area contributed by atoms with Crippen molar-refractivity contribution in [3.8, 4) is 0 Å². The van der Waals surface area contributed by atoms with E-state index in [2.05, 4.69) is 17.1 Å². The first-order valence-electron chi connectivity index (χ1n) is 7.85. The van der Waals surface area contributed by atoms with E-state index < -0.39 is 0 Å². The molecule has 104 valence electrons. The Bertz CT molecular complexity index is 259. The quantitative estimate of drug-likeness (QED) is 0.849. The molecule has 0 aromatic heterocycles. The Kier molecular flexibility index (Phi) is 4.53. The Balaban J connectivity index is 1.41. The van der Waals surface area contributed by atoms with E-state index in [-0.39, 0.29) is 0 Å². The standard InChI is InChI=1S/C15H27NOS/c1-2-7-15(8-3-1)9-6-14(17-15)11-16-13-5-4-10-18-12-13/h13-14,16H,1-12H2. The molecule has 3 fully saturated rings. The minimum Gasteiger partial charge on any atom is -0.370 e. The molecule has 2 unspecified atom stereocenters. The normalized spacial score (nSPS) is 36.0. The highest BCUT2D eigenvalue weighted by molar-refractivity contribution is 7.99. The van der Waals surface area contributed by atoms with Gasteiger partial charge in [-0.25, -0.2) is 0 Å². The van der Waals surface area contributed by atoms with Crippen LogP contribution in [0.5, 0.6) is 0 Å². The van der Waals surface area contributed by atoms with Gasteiger partial charge in [0.2, 0.25) is 0 Å². The molecule has 3 aliphatic rings. The molecule has 1 aliphatic carbocycles. The zero-order valence-corrected chi connectivity index (χ0v) is 12.3. The number of thioether (sulfide) groups is 1. The molecule has 2 nitrogen and oxygen atoms in total. The van der Waals surface area contributed by atoms with E-state index in [0.717, 1.165) is 12.6 Å².